The van der Waals surface area contributed by atoms with Crippen LogP contribution in [0.3, 0.4) is 0 Å². The second-order valence-electron chi connectivity index (χ2n) is 5.71. The summed E-state index contributed by atoms with van der Waals surface area (Å²) in [6, 6.07) is 6.28. The molecule has 1 amide bonds. The van der Waals surface area contributed by atoms with Crippen LogP contribution in [0.2, 0.25) is 0 Å². The van der Waals surface area contributed by atoms with Crippen molar-refractivity contribution in [2.24, 2.45) is 0 Å². The fourth-order valence-corrected chi connectivity index (χ4v) is 2.83. The van der Waals surface area contributed by atoms with Crippen LogP contribution in [-0.4, -0.2) is 34.5 Å². The number of furan rings is 1. The number of amides is 1. The maximum Gasteiger partial charge on any atom is 0.237 e. The Morgan fingerprint density at radius 3 is 3.00 bits per heavy atom. The fraction of sp³-hybridized carbons (Fsp3) is 0.438. The Kier molecular flexibility index (Phi) is 3.84. The van der Waals surface area contributed by atoms with Crippen molar-refractivity contribution in [1.29, 1.82) is 0 Å². The second kappa shape index (κ2) is 5.77. The second-order valence-corrected chi connectivity index (χ2v) is 5.71. The number of hydrogen-bond acceptors (Lipinski definition) is 3. The summed E-state index contributed by atoms with van der Waals surface area (Å²) in [5.74, 6) is 0.127. The van der Waals surface area contributed by atoms with Crippen molar-refractivity contribution >= 4 is 5.91 Å². The van der Waals surface area contributed by atoms with Gasteiger partial charge in [0.1, 0.15) is 6.04 Å². The maximum atomic E-state index is 12.6. The van der Waals surface area contributed by atoms with E-state index in [2.05, 4.69) is 22.1 Å². The summed E-state index contributed by atoms with van der Waals surface area (Å²) >= 11 is 0. The fourth-order valence-electron chi connectivity index (χ4n) is 2.83. The normalized spacial score (nSPS) is 18.0. The Morgan fingerprint density at radius 1 is 1.43 bits per heavy atom. The van der Waals surface area contributed by atoms with Gasteiger partial charge in [-0.3, -0.25) is 4.79 Å². The molecule has 2 aromatic rings. The summed E-state index contributed by atoms with van der Waals surface area (Å²) in [5, 5.41) is 3.20. The Bertz CT molecular complexity index is 601. The zero-order chi connectivity index (χ0) is 14.8. The molecule has 1 aliphatic heterocycles. The lowest BCUT2D eigenvalue weighted by Gasteiger charge is -2.36. The van der Waals surface area contributed by atoms with Crippen LogP contribution in [0, 0.1) is 0 Å². The molecule has 2 aromatic heterocycles. The molecule has 1 N–H and O–H groups in total. The average Bonchev–Trinajstić information content (AvgIpc) is 3.14. The first-order valence-corrected chi connectivity index (χ1v) is 7.37. The zero-order valence-electron chi connectivity index (χ0n) is 12.5. The van der Waals surface area contributed by atoms with E-state index in [9.17, 15) is 4.79 Å². The number of aromatic nitrogens is 1. The Morgan fingerprint density at radius 2 is 2.29 bits per heavy atom. The van der Waals surface area contributed by atoms with Gasteiger partial charge in [-0.2, -0.15) is 0 Å². The first kappa shape index (κ1) is 13.9. The van der Waals surface area contributed by atoms with Crippen LogP contribution in [0.5, 0.6) is 0 Å². The van der Waals surface area contributed by atoms with Crippen LogP contribution in [-0.2, 0) is 11.3 Å². The standard InChI is InChI=1S/C16H21N3O2/c1-12(2)17-10-15(20)19-8-7-18-6-3-4-14(18)16(19)13-5-9-21-11-13/h3-6,9,11-12,16-17H,7-8,10H2,1-2H3/t16-/m1/s1. The summed E-state index contributed by atoms with van der Waals surface area (Å²) in [7, 11) is 0. The number of nitrogens with one attached hydrogen (secondary N) is 1. The summed E-state index contributed by atoms with van der Waals surface area (Å²) in [5.41, 5.74) is 2.16. The third kappa shape index (κ3) is 2.74. The number of carbonyl (C=O) groups excluding carboxylic acids is 1. The lowest BCUT2D eigenvalue weighted by atomic mass is 10.0. The highest BCUT2D eigenvalue weighted by Gasteiger charge is 2.32. The molecule has 0 bridgehead atoms. The highest BCUT2D eigenvalue weighted by Crippen LogP contribution is 2.32. The molecule has 1 aliphatic rings. The number of nitrogens with zero attached hydrogens (tertiary/aromatic N) is 2. The molecule has 0 radical (unpaired) electrons. The molecule has 3 heterocycles. The van der Waals surface area contributed by atoms with Crippen LogP contribution in [0.1, 0.15) is 31.1 Å². The van der Waals surface area contributed by atoms with Crippen molar-refractivity contribution in [1.82, 2.24) is 14.8 Å². The van der Waals surface area contributed by atoms with Gasteiger partial charge in [-0.1, -0.05) is 13.8 Å². The number of fused-ring (bicyclic) bond motifs is 1. The first-order valence-electron chi connectivity index (χ1n) is 7.37. The van der Waals surface area contributed by atoms with E-state index in [0.29, 0.717) is 12.6 Å². The predicted molar refractivity (Wildman–Crippen MR) is 79.8 cm³/mol. The van der Waals surface area contributed by atoms with Crippen LogP contribution in [0.25, 0.3) is 0 Å². The third-order valence-electron chi connectivity index (χ3n) is 3.88. The van der Waals surface area contributed by atoms with Crippen molar-refractivity contribution in [3.63, 3.8) is 0 Å². The number of carbonyl (C=O) groups is 1. The Balaban J connectivity index is 1.88. The van der Waals surface area contributed by atoms with Gasteiger partial charge in [0, 0.05) is 36.6 Å². The quantitative estimate of drug-likeness (QED) is 0.936. The average molecular weight is 287 g/mol. The van der Waals surface area contributed by atoms with Crippen LogP contribution in [0.15, 0.2) is 41.3 Å². The van der Waals surface area contributed by atoms with E-state index in [1.54, 1.807) is 12.5 Å². The molecule has 0 fully saturated rings. The van der Waals surface area contributed by atoms with Gasteiger partial charge >= 0.3 is 0 Å². The molecule has 0 saturated carbocycles. The first-order chi connectivity index (χ1) is 10.2. The molecule has 0 unspecified atom stereocenters. The zero-order valence-corrected chi connectivity index (χ0v) is 12.5. The number of rotatable bonds is 4. The molecule has 5 heteroatoms. The van der Waals surface area contributed by atoms with E-state index in [4.69, 9.17) is 4.42 Å². The molecule has 0 saturated heterocycles. The minimum absolute atomic E-state index is 0.0611. The summed E-state index contributed by atoms with van der Waals surface area (Å²) in [4.78, 5) is 14.5. The molecule has 0 aromatic carbocycles. The van der Waals surface area contributed by atoms with Crippen LogP contribution in [0.4, 0.5) is 0 Å². The van der Waals surface area contributed by atoms with Gasteiger partial charge in [-0.15, -0.1) is 0 Å². The summed E-state index contributed by atoms with van der Waals surface area (Å²) in [6.45, 7) is 6.01. The van der Waals surface area contributed by atoms with E-state index in [0.717, 1.165) is 24.3 Å². The van der Waals surface area contributed by atoms with Crippen molar-refractivity contribution in [3.8, 4) is 0 Å². The molecule has 21 heavy (non-hydrogen) atoms. The largest absolute Gasteiger partial charge is 0.472 e. The topological polar surface area (TPSA) is 50.4 Å². The van der Waals surface area contributed by atoms with Crippen LogP contribution < -0.4 is 5.32 Å². The molecular formula is C16H21N3O2. The molecule has 1 atom stereocenters. The SMILES string of the molecule is CC(C)NCC(=O)N1CCn2cccc2[C@H]1c1ccoc1. The molecular weight excluding hydrogens is 266 g/mol. The predicted octanol–water partition coefficient (Wildman–Crippen LogP) is 2.01. The van der Waals surface area contributed by atoms with Gasteiger partial charge in [0.2, 0.25) is 5.91 Å². The molecule has 5 nitrogen and oxygen atoms in total. The highest BCUT2D eigenvalue weighted by molar-refractivity contribution is 5.79. The monoisotopic (exact) mass is 287 g/mol. The Labute approximate surface area is 124 Å². The molecule has 0 spiro atoms. The van der Waals surface area contributed by atoms with Crippen molar-refractivity contribution < 1.29 is 9.21 Å². The smallest absolute Gasteiger partial charge is 0.237 e. The van der Waals surface area contributed by atoms with Crippen LogP contribution >= 0.6 is 0 Å². The third-order valence-corrected chi connectivity index (χ3v) is 3.88. The van der Waals surface area contributed by atoms with Crippen molar-refractivity contribution in [3.05, 3.63) is 48.2 Å². The van der Waals surface area contributed by atoms with E-state index in [1.165, 1.54) is 0 Å². The maximum absolute atomic E-state index is 12.6. The summed E-state index contributed by atoms with van der Waals surface area (Å²) < 4.78 is 7.43. The van der Waals surface area contributed by atoms with Gasteiger partial charge in [-0.05, 0) is 18.2 Å². The van der Waals surface area contributed by atoms with E-state index < -0.39 is 0 Å². The van der Waals surface area contributed by atoms with Gasteiger partial charge in [0.25, 0.3) is 0 Å². The molecule has 112 valence electrons. The van der Waals surface area contributed by atoms with Gasteiger partial charge in [0.15, 0.2) is 0 Å². The van der Waals surface area contributed by atoms with Gasteiger partial charge < -0.3 is 19.2 Å². The van der Waals surface area contributed by atoms with E-state index >= 15 is 0 Å². The molecule has 3 rings (SSSR count). The van der Waals surface area contributed by atoms with Gasteiger partial charge in [-0.25, -0.2) is 0 Å². The highest BCUT2D eigenvalue weighted by atomic mass is 16.3. The van der Waals surface area contributed by atoms with E-state index in [-0.39, 0.29) is 11.9 Å². The molecule has 0 aliphatic carbocycles. The minimum Gasteiger partial charge on any atom is -0.472 e. The van der Waals surface area contributed by atoms with Crippen molar-refractivity contribution in [2.45, 2.75) is 32.5 Å². The lowest BCUT2D eigenvalue weighted by Crippen LogP contribution is -2.46. The Hall–Kier alpha value is -2.01. The van der Waals surface area contributed by atoms with Gasteiger partial charge in [0.05, 0.1) is 19.1 Å². The number of hydrogen-bond donors (Lipinski definition) is 1. The summed E-state index contributed by atoms with van der Waals surface area (Å²) in [6.07, 6.45) is 5.45. The minimum atomic E-state index is -0.0611. The van der Waals surface area contributed by atoms with Crippen molar-refractivity contribution in [2.75, 3.05) is 13.1 Å². The lowest BCUT2D eigenvalue weighted by molar-refractivity contribution is -0.133. The van der Waals surface area contributed by atoms with E-state index in [1.807, 2.05) is 30.9 Å².